The molecule has 29 heavy (non-hydrogen) atoms. The topological polar surface area (TPSA) is 115 Å². The van der Waals surface area contributed by atoms with Crippen LogP contribution in [0.5, 0.6) is 0 Å². The Balaban J connectivity index is 0.00000204. The van der Waals surface area contributed by atoms with E-state index >= 15 is 0 Å². The Morgan fingerprint density at radius 3 is 2.24 bits per heavy atom. The van der Waals surface area contributed by atoms with Crippen LogP contribution in [0.2, 0.25) is 0 Å². The van der Waals surface area contributed by atoms with Crippen molar-refractivity contribution >= 4 is 5.97 Å². The predicted octanol–water partition coefficient (Wildman–Crippen LogP) is 2.40. The quantitative estimate of drug-likeness (QED) is 0.336. The van der Waals surface area contributed by atoms with Gasteiger partial charge in [-0.3, -0.25) is 0 Å². The fraction of sp³-hybridized carbons (Fsp3) is 0.350. The molecule has 0 saturated carbocycles. The number of nitrogens with one attached hydrogen (secondary N) is 2. The first-order valence-corrected chi connectivity index (χ1v) is 8.67. The van der Waals surface area contributed by atoms with Crippen molar-refractivity contribution in [3.8, 4) is 11.1 Å². The number of aliphatic hydroxyl groups is 3. The van der Waals surface area contributed by atoms with E-state index in [0.717, 1.165) is 7.11 Å². The Morgan fingerprint density at radius 1 is 1.17 bits per heavy atom. The van der Waals surface area contributed by atoms with Gasteiger partial charge in [0.1, 0.15) is 5.69 Å². The second kappa shape index (κ2) is 11.4. The van der Waals surface area contributed by atoms with E-state index in [1.807, 2.05) is 0 Å². The maximum atomic E-state index is 13.9. The summed E-state index contributed by atoms with van der Waals surface area (Å²) in [4.78, 5) is 14.7. The molecule has 1 heterocycles. The van der Waals surface area contributed by atoms with Crippen molar-refractivity contribution in [3.05, 3.63) is 58.9 Å². The van der Waals surface area contributed by atoms with Crippen LogP contribution in [0, 0.1) is 0 Å². The summed E-state index contributed by atoms with van der Waals surface area (Å²) in [5.74, 6) is -0.936. The predicted molar refractivity (Wildman–Crippen MR) is 104 cm³/mol. The first-order chi connectivity index (χ1) is 13.9. The molecule has 9 heteroatoms. The fourth-order valence-corrected chi connectivity index (χ4v) is 3.17. The number of hydrogen-bond acceptors (Lipinski definition) is 6. The van der Waals surface area contributed by atoms with Crippen LogP contribution >= 0.6 is 0 Å². The average Bonchev–Trinajstić information content (AvgIpc) is 3.12. The number of carbonyl (C=O) groups is 1. The Kier molecular flexibility index (Phi) is 9.63. The number of aliphatic hydroxyl groups excluding tert-OH is 3. The second-order valence-electron chi connectivity index (χ2n) is 5.79. The van der Waals surface area contributed by atoms with E-state index in [0.29, 0.717) is 11.3 Å². The lowest BCUT2D eigenvalue weighted by molar-refractivity contribution is 0.0583. The minimum atomic E-state index is -2.99. The molecule has 0 bridgehead atoms. The number of hydrogen-bond donors (Lipinski definition) is 5. The lowest BCUT2D eigenvalue weighted by atomic mass is 9.90. The summed E-state index contributed by atoms with van der Waals surface area (Å²) in [6.07, 6.45) is -2.99. The number of ether oxygens (including phenoxy) is 1. The molecular formula is C20H26F2N2O5. The van der Waals surface area contributed by atoms with Gasteiger partial charge in [-0.2, -0.15) is 0 Å². The summed E-state index contributed by atoms with van der Waals surface area (Å²) in [5.41, 5.74) is 0.545. The van der Waals surface area contributed by atoms with Gasteiger partial charge in [0.25, 0.3) is 6.43 Å². The molecule has 0 atom stereocenters. The highest BCUT2D eigenvalue weighted by molar-refractivity contribution is 5.93. The van der Waals surface area contributed by atoms with Crippen molar-refractivity contribution < 1.29 is 33.6 Å². The largest absolute Gasteiger partial charge is 0.464 e. The number of methoxy groups -OCH3 is 1. The van der Waals surface area contributed by atoms with Crippen molar-refractivity contribution in [2.45, 2.75) is 32.8 Å². The first-order valence-electron chi connectivity index (χ1n) is 8.67. The van der Waals surface area contributed by atoms with Crippen molar-refractivity contribution in [1.82, 2.24) is 10.3 Å². The van der Waals surface area contributed by atoms with Gasteiger partial charge in [0.2, 0.25) is 0 Å². The molecule has 2 rings (SSSR count). The molecule has 0 saturated heterocycles. The molecule has 0 radical (unpaired) electrons. The van der Waals surface area contributed by atoms with Crippen molar-refractivity contribution in [3.63, 3.8) is 0 Å². The molecule has 160 valence electrons. The van der Waals surface area contributed by atoms with E-state index < -0.39 is 31.2 Å². The molecule has 1 aromatic carbocycles. The van der Waals surface area contributed by atoms with Crippen LogP contribution in [0.4, 0.5) is 8.78 Å². The Hall–Kier alpha value is -2.59. The third-order valence-corrected chi connectivity index (χ3v) is 4.36. The molecule has 0 aliphatic carbocycles. The molecule has 0 aliphatic rings. The number of halogens is 2. The highest BCUT2D eigenvalue weighted by atomic mass is 19.3. The van der Waals surface area contributed by atoms with Gasteiger partial charge >= 0.3 is 5.97 Å². The summed E-state index contributed by atoms with van der Waals surface area (Å²) in [5, 5.41) is 31.7. The van der Waals surface area contributed by atoms with Gasteiger partial charge in [-0.05, 0) is 29.3 Å². The number of alkyl halides is 2. The summed E-state index contributed by atoms with van der Waals surface area (Å²) in [6, 6.07) is 2.97. The summed E-state index contributed by atoms with van der Waals surface area (Å²) < 4.78 is 32.4. The fourth-order valence-electron chi connectivity index (χ4n) is 3.17. The lowest BCUT2D eigenvalue weighted by Gasteiger charge is -2.17. The van der Waals surface area contributed by atoms with E-state index in [9.17, 15) is 28.9 Å². The maximum Gasteiger partial charge on any atom is 0.354 e. The summed E-state index contributed by atoms with van der Waals surface area (Å²) >= 11 is 0. The van der Waals surface area contributed by atoms with E-state index in [2.05, 4.69) is 28.2 Å². The molecule has 0 unspecified atom stereocenters. The lowest BCUT2D eigenvalue weighted by Crippen LogP contribution is -2.08. The smallest absolute Gasteiger partial charge is 0.354 e. The monoisotopic (exact) mass is 412 g/mol. The average molecular weight is 412 g/mol. The van der Waals surface area contributed by atoms with Crippen molar-refractivity contribution in [2.24, 2.45) is 0 Å². The number of aromatic nitrogens is 1. The van der Waals surface area contributed by atoms with Gasteiger partial charge in [0.15, 0.2) is 0 Å². The molecule has 2 aromatic rings. The summed E-state index contributed by atoms with van der Waals surface area (Å²) in [7, 11) is 2.71. The second-order valence-corrected chi connectivity index (χ2v) is 5.79. The van der Waals surface area contributed by atoms with Gasteiger partial charge < -0.3 is 30.4 Å². The Morgan fingerprint density at radius 2 is 1.79 bits per heavy atom. The number of carbonyl (C=O) groups excluding carboxylic acids is 1. The van der Waals surface area contributed by atoms with Gasteiger partial charge in [-0.15, -0.1) is 13.2 Å². The van der Waals surface area contributed by atoms with Crippen LogP contribution < -0.4 is 5.32 Å². The Labute approximate surface area is 167 Å². The molecule has 0 spiro atoms. The minimum Gasteiger partial charge on any atom is -0.464 e. The normalized spacial score (nSPS) is 10.6. The van der Waals surface area contributed by atoms with Crippen LogP contribution in [0.25, 0.3) is 11.1 Å². The van der Waals surface area contributed by atoms with Crippen LogP contribution in [0.3, 0.4) is 0 Å². The third-order valence-electron chi connectivity index (χ3n) is 4.36. The molecule has 5 N–H and O–H groups in total. The van der Waals surface area contributed by atoms with E-state index in [4.69, 9.17) is 0 Å². The molecule has 7 nitrogen and oxygen atoms in total. The highest BCUT2D eigenvalue weighted by Crippen LogP contribution is 2.40. The highest BCUT2D eigenvalue weighted by Gasteiger charge is 2.30. The number of esters is 1. The molecule has 0 fully saturated rings. The Bertz CT molecular complexity index is 837. The minimum absolute atomic E-state index is 0.0583. The first kappa shape index (κ1) is 24.4. The molecule has 0 aliphatic heterocycles. The third kappa shape index (κ3) is 4.88. The zero-order valence-electron chi connectivity index (χ0n) is 16.4. The van der Waals surface area contributed by atoms with E-state index in [1.54, 1.807) is 7.05 Å². The molecule has 0 amide bonds. The van der Waals surface area contributed by atoms with Gasteiger partial charge in [0, 0.05) is 17.8 Å². The number of H-pyrrole nitrogens is 1. The molecular weight excluding hydrogens is 386 g/mol. The van der Waals surface area contributed by atoms with Crippen LogP contribution in [0.1, 0.15) is 44.9 Å². The van der Waals surface area contributed by atoms with Gasteiger partial charge in [0.05, 0.1) is 32.5 Å². The number of benzene rings is 1. The van der Waals surface area contributed by atoms with Crippen LogP contribution in [0.15, 0.2) is 25.3 Å². The summed E-state index contributed by atoms with van der Waals surface area (Å²) in [6.45, 7) is 4.74. The van der Waals surface area contributed by atoms with Gasteiger partial charge in [-0.1, -0.05) is 12.1 Å². The zero-order valence-corrected chi connectivity index (χ0v) is 16.4. The van der Waals surface area contributed by atoms with E-state index in [1.165, 1.54) is 12.1 Å². The van der Waals surface area contributed by atoms with Crippen LogP contribution in [-0.4, -0.2) is 40.4 Å². The zero-order chi connectivity index (χ0) is 22.1. The van der Waals surface area contributed by atoms with Crippen molar-refractivity contribution in [2.75, 3.05) is 14.2 Å². The maximum absolute atomic E-state index is 13.9. The molecule has 1 aromatic heterocycles. The number of aromatic amines is 1. The van der Waals surface area contributed by atoms with Crippen LogP contribution in [-0.2, 0) is 31.1 Å². The standard InChI is InChI=1S/C18H22F2N2O5.C2H4/c1-21-5-13-14(15(17(19)20)16(22-13)18(26)27-2)10-4-3-9(6-23)11(7-24)12(10)8-25;1-2/h3-4,17,21-25H,5-8H2,1-2H3;1-2H2. The SMILES string of the molecule is C=C.CNCc1[nH]c(C(=O)OC)c(C(F)F)c1-c1ccc(CO)c(CO)c1CO. The number of rotatable bonds is 8. The van der Waals surface area contributed by atoms with Crippen molar-refractivity contribution in [1.29, 1.82) is 0 Å². The van der Waals surface area contributed by atoms with E-state index in [-0.39, 0.29) is 41.1 Å². The van der Waals surface area contributed by atoms with Gasteiger partial charge in [-0.25, -0.2) is 13.6 Å².